The predicted octanol–water partition coefficient (Wildman–Crippen LogP) is 5.58. The molecule has 0 N–H and O–H groups in total. The summed E-state index contributed by atoms with van der Waals surface area (Å²) < 4.78 is 5.34. The largest absolute Gasteiger partial charge is 0.644 e. The van der Waals surface area contributed by atoms with Gasteiger partial charge in [-0.2, -0.15) is 0 Å². The van der Waals surface area contributed by atoms with E-state index in [0.29, 0.717) is 0 Å². The van der Waals surface area contributed by atoms with Crippen LogP contribution in [0, 0.1) is 0 Å². The van der Waals surface area contributed by atoms with Gasteiger partial charge in [0.1, 0.15) is 0 Å². The Morgan fingerprint density at radius 2 is 0.905 bits per heavy atom. The zero-order chi connectivity index (χ0) is 15.4. The third-order valence-electron chi connectivity index (χ3n) is 4.45. The maximum Gasteiger partial charge on any atom is 0.404 e. The van der Waals surface area contributed by atoms with E-state index in [-0.39, 0.29) is 15.6 Å². The van der Waals surface area contributed by atoms with E-state index in [1.54, 1.807) is 0 Å². The Hall–Kier alpha value is 1.02. The monoisotopic (exact) mass is 326 g/mol. The van der Waals surface area contributed by atoms with Crippen LogP contribution in [0.15, 0.2) is 0 Å². The van der Waals surface area contributed by atoms with E-state index in [0.717, 1.165) is 16.6 Å². The standard InChI is InChI=1S/C18H37.2Al.O.3H/c1-3-5-7-9-11-13-15-17-18-16-14-12-10-8-6-4-2;;;;;;/h1,3-18H2,2H3;;;;;;. The molecule has 0 aromatic rings. The summed E-state index contributed by atoms with van der Waals surface area (Å²) in [5, 5.41) is 1.42. The van der Waals surface area contributed by atoms with Gasteiger partial charge in [0, 0.05) is 0 Å². The predicted molar refractivity (Wildman–Crippen MR) is 101 cm³/mol. The topological polar surface area (TPSA) is 9.23 Å². The van der Waals surface area contributed by atoms with E-state index in [4.69, 9.17) is 2.84 Å². The van der Waals surface area contributed by atoms with Gasteiger partial charge in [-0.3, -0.25) is 0 Å². The third kappa shape index (κ3) is 21.0. The molecule has 0 saturated heterocycles. The summed E-state index contributed by atoms with van der Waals surface area (Å²) in [6.07, 6.45) is 23.4. The summed E-state index contributed by atoms with van der Waals surface area (Å²) in [6, 6.07) is 0. The smallest absolute Gasteiger partial charge is 0.404 e. The molecule has 0 aliphatic carbocycles. The lowest BCUT2D eigenvalue weighted by Crippen LogP contribution is -1.93. The molecule has 3 heteroatoms. The zero-order valence-electron chi connectivity index (χ0n) is 15.1. The third-order valence-corrected chi connectivity index (χ3v) is 6.87. The Kier molecular flexibility index (Phi) is 22.1. The number of hydrogen-bond acceptors (Lipinski definition) is 1. The first-order valence-corrected chi connectivity index (χ1v) is 12.3. The fourth-order valence-electron chi connectivity index (χ4n) is 2.97. The van der Waals surface area contributed by atoms with Crippen molar-refractivity contribution in [1.29, 1.82) is 0 Å². The van der Waals surface area contributed by atoms with E-state index >= 15 is 0 Å². The molecule has 0 rings (SSSR count). The van der Waals surface area contributed by atoms with Crippen LogP contribution in [0.3, 0.4) is 0 Å². The minimum absolute atomic E-state index is 0.0812. The highest BCUT2D eigenvalue weighted by molar-refractivity contribution is 6.34. The first-order valence-electron chi connectivity index (χ1n) is 9.90. The van der Waals surface area contributed by atoms with Crippen molar-refractivity contribution >= 4 is 32.2 Å². The lowest BCUT2D eigenvalue weighted by atomic mass is 10.0. The van der Waals surface area contributed by atoms with Crippen molar-refractivity contribution in [2.24, 2.45) is 0 Å². The maximum absolute atomic E-state index is 5.34. The van der Waals surface area contributed by atoms with E-state index in [1.165, 1.54) is 108 Å². The minimum Gasteiger partial charge on any atom is -0.644 e. The van der Waals surface area contributed by atoms with Crippen molar-refractivity contribution in [2.45, 2.75) is 115 Å². The van der Waals surface area contributed by atoms with E-state index in [1.807, 2.05) is 0 Å². The highest BCUT2D eigenvalue weighted by Gasteiger charge is 1.95. The van der Waals surface area contributed by atoms with E-state index in [2.05, 4.69) is 6.92 Å². The molecule has 1 nitrogen and oxygen atoms in total. The van der Waals surface area contributed by atoms with Crippen LogP contribution in [0.5, 0.6) is 0 Å². The SMILES string of the molecule is CCCCCCCCCCCCCCCCC[CH2][AlH][O][AlH2]. The summed E-state index contributed by atoms with van der Waals surface area (Å²) in [7, 11) is 0. The van der Waals surface area contributed by atoms with Gasteiger partial charge >= 0.3 is 32.2 Å². The van der Waals surface area contributed by atoms with Crippen LogP contribution >= 0.6 is 0 Å². The fourth-order valence-corrected chi connectivity index (χ4v) is 4.68. The lowest BCUT2D eigenvalue weighted by molar-refractivity contribution is 0.530. The highest BCUT2D eigenvalue weighted by atomic mass is 27.2. The van der Waals surface area contributed by atoms with Crippen molar-refractivity contribution in [3.05, 3.63) is 0 Å². The molecule has 0 aromatic carbocycles. The molecule has 0 aromatic heterocycles. The van der Waals surface area contributed by atoms with Gasteiger partial charge in [0.05, 0.1) is 0 Å². The first-order chi connectivity index (χ1) is 10.4. The second-order valence-corrected chi connectivity index (χ2v) is 10.1. The molecule has 0 radical (unpaired) electrons. The molecule has 0 amide bonds. The van der Waals surface area contributed by atoms with Gasteiger partial charge in [-0.1, -0.05) is 115 Å². The molecule has 124 valence electrons. The van der Waals surface area contributed by atoms with Crippen molar-refractivity contribution in [2.75, 3.05) is 0 Å². The average Bonchev–Trinajstić information content (AvgIpc) is 2.50. The Labute approximate surface area is 149 Å². The molecule has 0 heterocycles. The van der Waals surface area contributed by atoms with Crippen molar-refractivity contribution in [3.8, 4) is 0 Å². The lowest BCUT2D eigenvalue weighted by Gasteiger charge is -2.03. The Balaban J connectivity index is 2.90. The first kappa shape index (κ1) is 22.0. The van der Waals surface area contributed by atoms with Gasteiger partial charge in [-0.05, 0) is 0 Å². The van der Waals surface area contributed by atoms with Gasteiger partial charge in [0.25, 0.3) is 0 Å². The molecule has 0 spiro atoms. The van der Waals surface area contributed by atoms with Gasteiger partial charge in [-0.25, -0.2) is 0 Å². The summed E-state index contributed by atoms with van der Waals surface area (Å²) in [4.78, 5) is 0. The number of hydrogen-bond donors (Lipinski definition) is 0. The number of rotatable bonds is 18. The molecule has 0 saturated carbocycles. The Morgan fingerprint density at radius 1 is 0.571 bits per heavy atom. The van der Waals surface area contributed by atoms with Crippen molar-refractivity contribution < 1.29 is 2.84 Å². The van der Waals surface area contributed by atoms with Crippen LogP contribution in [0.2, 0.25) is 5.28 Å². The second-order valence-electron chi connectivity index (χ2n) is 6.65. The molecule has 0 fully saturated rings. The van der Waals surface area contributed by atoms with Gasteiger partial charge < -0.3 is 2.84 Å². The van der Waals surface area contributed by atoms with E-state index < -0.39 is 0 Å². The molecule has 0 bridgehead atoms. The molecular weight excluding hydrogens is 286 g/mol. The van der Waals surface area contributed by atoms with Crippen LogP contribution in [0.1, 0.15) is 110 Å². The molecule has 0 atom stereocenters. The van der Waals surface area contributed by atoms with Crippen molar-refractivity contribution in [1.82, 2.24) is 0 Å². The summed E-state index contributed by atoms with van der Waals surface area (Å²) in [5.41, 5.74) is 0. The molecule has 0 aliphatic rings. The molecule has 0 aliphatic heterocycles. The van der Waals surface area contributed by atoms with Crippen LogP contribution < -0.4 is 0 Å². The van der Waals surface area contributed by atoms with Gasteiger partial charge in [0.15, 0.2) is 0 Å². The van der Waals surface area contributed by atoms with Crippen LogP contribution in [0.25, 0.3) is 0 Å². The fraction of sp³-hybridized carbons (Fsp3) is 1.00. The molecule has 21 heavy (non-hydrogen) atoms. The second kappa shape index (κ2) is 21.0. The minimum atomic E-state index is -0.0812. The molecule has 0 unspecified atom stereocenters. The quantitative estimate of drug-likeness (QED) is 0.236. The zero-order valence-corrected chi connectivity index (χ0v) is 18.6. The Bertz CT molecular complexity index is 159. The average molecular weight is 326 g/mol. The van der Waals surface area contributed by atoms with Crippen molar-refractivity contribution in [3.63, 3.8) is 0 Å². The van der Waals surface area contributed by atoms with Gasteiger partial charge in [-0.15, -0.1) is 0 Å². The summed E-state index contributed by atoms with van der Waals surface area (Å²) in [6.45, 7) is 2.30. The highest BCUT2D eigenvalue weighted by Crippen LogP contribution is 2.13. The normalized spacial score (nSPS) is 10.9. The van der Waals surface area contributed by atoms with E-state index in [9.17, 15) is 0 Å². The Morgan fingerprint density at radius 3 is 1.24 bits per heavy atom. The summed E-state index contributed by atoms with van der Waals surface area (Å²) in [5.74, 6) is 0. The summed E-state index contributed by atoms with van der Waals surface area (Å²) >= 11 is 0.891. The van der Waals surface area contributed by atoms with Crippen LogP contribution in [-0.4, -0.2) is 32.2 Å². The van der Waals surface area contributed by atoms with Crippen LogP contribution in [0.4, 0.5) is 0 Å². The van der Waals surface area contributed by atoms with Gasteiger partial charge in [0.2, 0.25) is 0 Å². The number of unbranched alkanes of at least 4 members (excludes halogenated alkanes) is 15. The van der Waals surface area contributed by atoms with Crippen LogP contribution in [-0.2, 0) is 2.84 Å². The molecular formula is C18H40Al2O. The maximum atomic E-state index is 5.34.